The minimum absolute atomic E-state index is 0.499. The van der Waals surface area contributed by atoms with Gasteiger partial charge in [-0.25, -0.2) is 0 Å². The summed E-state index contributed by atoms with van der Waals surface area (Å²) in [6.45, 7) is 2.20. The van der Waals surface area contributed by atoms with Crippen LogP contribution in [0.25, 0.3) is 0 Å². The van der Waals surface area contributed by atoms with Crippen molar-refractivity contribution in [1.29, 1.82) is 0 Å². The van der Waals surface area contributed by atoms with Gasteiger partial charge in [0.25, 0.3) is 0 Å². The number of benzene rings is 1. The van der Waals surface area contributed by atoms with Gasteiger partial charge in [-0.2, -0.15) is 0 Å². The molecule has 2 nitrogen and oxygen atoms in total. The smallest absolute Gasteiger partial charge is 0.161 e. The lowest BCUT2D eigenvalue weighted by atomic mass is 10.2. The first-order valence-electron chi connectivity index (χ1n) is 5.51. The van der Waals surface area contributed by atoms with Crippen molar-refractivity contribution in [3.8, 4) is 0 Å². The summed E-state index contributed by atoms with van der Waals surface area (Å²) in [6, 6.07) is 8.69. The summed E-state index contributed by atoms with van der Waals surface area (Å²) in [6.07, 6.45) is 2.33. The van der Waals surface area contributed by atoms with Crippen LogP contribution >= 0.6 is 27.7 Å². The van der Waals surface area contributed by atoms with Gasteiger partial charge in [-0.1, -0.05) is 34.6 Å². The highest BCUT2D eigenvalue weighted by molar-refractivity contribution is 9.10. The number of rotatable bonds is 2. The second kappa shape index (κ2) is 5.73. The van der Waals surface area contributed by atoms with Gasteiger partial charge in [0.1, 0.15) is 0 Å². The molecule has 1 aliphatic heterocycles. The number of amidine groups is 1. The summed E-state index contributed by atoms with van der Waals surface area (Å²) in [7, 11) is 0. The van der Waals surface area contributed by atoms with Crippen molar-refractivity contribution in [2.75, 3.05) is 11.1 Å². The summed E-state index contributed by atoms with van der Waals surface area (Å²) in [5.41, 5.74) is 1.10. The molecular formula is C12H15BrN2S. The van der Waals surface area contributed by atoms with Gasteiger partial charge in [0, 0.05) is 15.9 Å². The van der Waals surface area contributed by atoms with Gasteiger partial charge in [-0.3, -0.25) is 4.99 Å². The van der Waals surface area contributed by atoms with Crippen molar-refractivity contribution >= 4 is 38.5 Å². The summed E-state index contributed by atoms with van der Waals surface area (Å²) < 4.78 is 1.10. The molecule has 0 aliphatic carbocycles. The minimum atomic E-state index is 0.499. The SMILES string of the molecule is CCC1CCSC(Nc2ccc(Br)cc2)=N1. The first-order chi connectivity index (χ1) is 7.78. The van der Waals surface area contributed by atoms with E-state index in [0.29, 0.717) is 6.04 Å². The summed E-state index contributed by atoms with van der Waals surface area (Å²) in [5.74, 6) is 1.17. The first kappa shape index (κ1) is 12.0. The number of nitrogens with one attached hydrogen (secondary N) is 1. The minimum Gasteiger partial charge on any atom is -0.335 e. The third-order valence-corrected chi connectivity index (χ3v) is 4.01. The molecule has 1 heterocycles. The Kier molecular flexibility index (Phi) is 4.29. The van der Waals surface area contributed by atoms with Gasteiger partial charge in [0.05, 0.1) is 6.04 Å². The zero-order chi connectivity index (χ0) is 11.4. The van der Waals surface area contributed by atoms with Crippen molar-refractivity contribution in [3.05, 3.63) is 28.7 Å². The molecule has 0 bridgehead atoms. The summed E-state index contributed by atoms with van der Waals surface area (Å²) >= 11 is 5.24. The van der Waals surface area contributed by atoms with E-state index in [9.17, 15) is 0 Å². The molecule has 1 aromatic rings. The van der Waals surface area contributed by atoms with E-state index in [0.717, 1.165) is 21.7 Å². The molecule has 1 aliphatic rings. The molecule has 0 saturated carbocycles. The zero-order valence-corrected chi connectivity index (χ0v) is 11.6. The van der Waals surface area contributed by atoms with Crippen LogP contribution in [0.2, 0.25) is 0 Å². The van der Waals surface area contributed by atoms with Gasteiger partial charge < -0.3 is 5.32 Å². The van der Waals surface area contributed by atoms with Crippen LogP contribution < -0.4 is 5.32 Å². The molecule has 0 saturated heterocycles. The quantitative estimate of drug-likeness (QED) is 0.888. The van der Waals surface area contributed by atoms with E-state index >= 15 is 0 Å². The third kappa shape index (κ3) is 3.25. The fraction of sp³-hybridized carbons (Fsp3) is 0.417. The van der Waals surface area contributed by atoms with E-state index in [1.807, 2.05) is 23.9 Å². The van der Waals surface area contributed by atoms with Crippen LogP contribution in [0.15, 0.2) is 33.7 Å². The number of thioether (sulfide) groups is 1. The average molecular weight is 299 g/mol. The van der Waals surface area contributed by atoms with Gasteiger partial charge in [-0.05, 0) is 37.1 Å². The maximum atomic E-state index is 4.67. The van der Waals surface area contributed by atoms with Crippen molar-refractivity contribution in [1.82, 2.24) is 0 Å². The Balaban J connectivity index is 2.03. The lowest BCUT2D eigenvalue weighted by Crippen LogP contribution is -2.19. The predicted molar refractivity (Wildman–Crippen MR) is 76.4 cm³/mol. The number of halogens is 1. The monoisotopic (exact) mass is 298 g/mol. The number of hydrogen-bond acceptors (Lipinski definition) is 3. The van der Waals surface area contributed by atoms with E-state index in [-0.39, 0.29) is 0 Å². The normalized spacial score (nSPS) is 20.4. The fourth-order valence-electron chi connectivity index (χ4n) is 1.58. The van der Waals surface area contributed by atoms with Crippen LogP contribution in [-0.4, -0.2) is 17.0 Å². The molecule has 1 unspecified atom stereocenters. The van der Waals surface area contributed by atoms with Gasteiger partial charge in [-0.15, -0.1) is 0 Å². The van der Waals surface area contributed by atoms with Gasteiger partial charge in [0.2, 0.25) is 0 Å². The zero-order valence-electron chi connectivity index (χ0n) is 9.24. The van der Waals surface area contributed by atoms with Crippen molar-refractivity contribution in [2.24, 2.45) is 4.99 Å². The molecule has 0 aromatic heterocycles. The van der Waals surface area contributed by atoms with Crippen molar-refractivity contribution in [2.45, 2.75) is 25.8 Å². The standard InChI is InChI=1S/C12H15BrN2S/c1-2-10-7-8-16-12(14-10)15-11-5-3-9(13)4-6-11/h3-6,10H,2,7-8H2,1H3,(H,14,15). The largest absolute Gasteiger partial charge is 0.335 e. The lowest BCUT2D eigenvalue weighted by molar-refractivity contribution is 0.634. The Morgan fingerprint density at radius 1 is 1.44 bits per heavy atom. The average Bonchev–Trinajstić information content (AvgIpc) is 2.32. The number of aliphatic imine (C=N–C) groups is 1. The van der Waals surface area contributed by atoms with Crippen LogP contribution in [0.5, 0.6) is 0 Å². The highest BCUT2D eigenvalue weighted by atomic mass is 79.9. The van der Waals surface area contributed by atoms with Crippen LogP contribution in [0.3, 0.4) is 0 Å². The first-order valence-corrected chi connectivity index (χ1v) is 7.29. The molecular weight excluding hydrogens is 284 g/mol. The second-order valence-electron chi connectivity index (χ2n) is 3.77. The summed E-state index contributed by atoms with van der Waals surface area (Å²) in [4.78, 5) is 4.67. The molecule has 0 spiro atoms. The molecule has 2 rings (SSSR count). The van der Waals surface area contributed by atoms with Crippen molar-refractivity contribution < 1.29 is 0 Å². The molecule has 16 heavy (non-hydrogen) atoms. The summed E-state index contributed by atoms with van der Waals surface area (Å²) in [5, 5.41) is 4.42. The number of anilines is 1. The Morgan fingerprint density at radius 2 is 2.19 bits per heavy atom. The Labute approximate surface area is 109 Å². The maximum Gasteiger partial charge on any atom is 0.161 e. The van der Waals surface area contributed by atoms with Crippen LogP contribution in [-0.2, 0) is 0 Å². The van der Waals surface area contributed by atoms with E-state index in [4.69, 9.17) is 0 Å². The van der Waals surface area contributed by atoms with Crippen molar-refractivity contribution in [3.63, 3.8) is 0 Å². The Bertz CT molecular complexity index is 375. The van der Waals surface area contributed by atoms with Crippen LogP contribution in [0, 0.1) is 0 Å². The van der Waals surface area contributed by atoms with Gasteiger partial charge in [0.15, 0.2) is 5.17 Å². The lowest BCUT2D eigenvalue weighted by Gasteiger charge is -2.19. The van der Waals surface area contributed by atoms with E-state index < -0.39 is 0 Å². The second-order valence-corrected chi connectivity index (χ2v) is 5.76. The van der Waals surface area contributed by atoms with Gasteiger partial charge >= 0.3 is 0 Å². The highest BCUT2D eigenvalue weighted by Crippen LogP contribution is 2.22. The Morgan fingerprint density at radius 3 is 2.88 bits per heavy atom. The maximum absolute atomic E-state index is 4.67. The molecule has 0 radical (unpaired) electrons. The molecule has 4 heteroatoms. The predicted octanol–water partition coefficient (Wildman–Crippen LogP) is 4.13. The topological polar surface area (TPSA) is 24.4 Å². The molecule has 1 atom stereocenters. The number of nitrogens with zero attached hydrogens (tertiary/aromatic N) is 1. The van der Waals surface area contributed by atoms with E-state index in [1.54, 1.807) is 0 Å². The molecule has 1 N–H and O–H groups in total. The van der Waals surface area contributed by atoms with E-state index in [2.05, 4.69) is 45.3 Å². The molecule has 0 fully saturated rings. The number of hydrogen-bond donors (Lipinski definition) is 1. The third-order valence-electron chi connectivity index (χ3n) is 2.56. The highest BCUT2D eigenvalue weighted by Gasteiger charge is 2.13. The molecule has 86 valence electrons. The molecule has 0 amide bonds. The Hall–Kier alpha value is -0.480. The van der Waals surface area contributed by atoms with E-state index in [1.165, 1.54) is 12.2 Å². The molecule has 1 aromatic carbocycles. The van der Waals surface area contributed by atoms with Crippen LogP contribution in [0.4, 0.5) is 5.69 Å². The fourth-order valence-corrected chi connectivity index (χ4v) is 2.84. The van der Waals surface area contributed by atoms with Crippen LogP contribution in [0.1, 0.15) is 19.8 Å².